The third-order valence-corrected chi connectivity index (χ3v) is 3.72. The topological polar surface area (TPSA) is 57.2 Å². The molecule has 0 amide bonds. The molecule has 0 unspecified atom stereocenters. The second kappa shape index (κ2) is 4.44. The van der Waals surface area contributed by atoms with Gasteiger partial charge in [0.25, 0.3) is 0 Å². The minimum absolute atomic E-state index is 0. The average Bonchev–Trinajstić information content (AvgIpc) is 2.11. The van der Waals surface area contributed by atoms with Crippen molar-refractivity contribution < 1.29 is 42.5 Å². The van der Waals surface area contributed by atoms with Gasteiger partial charge in [-0.1, -0.05) is 6.42 Å². The molecule has 0 saturated heterocycles. The van der Waals surface area contributed by atoms with Gasteiger partial charge < -0.3 is 4.55 Å². The van der Waals surface area contributed by atoms with E-state index in [0.717, 1.165) is 6.42 Å². The number of halogens is 1. The standard InChI is InChI=1S/C5H9ClO3S.Na/c6-4-2-1-3-5(4)10(7,8)9;/h4-5H,1-3H2,(H,7,8,9);/q;+1/p-1/t4-,5-;/m0./s1. The number of rotatable bonds is 1. The van der Waals surface area contributed by atoms with E-state index < -0.39 is 20.7 Å². The van der Waals surface area contributed by atoms with E-state index in [4.69, 9.17) is 11.6 Å². The zero-order valence-electron chi connectivity index (χ0n) is 6.29. The second-order valence-corrected chi connectivity index (χ2v) is 4.63. The van der Waals surface area contributed by atoms with Crippen molar-refractivity contribution in [1.82, 2.24) is 0 Å². The Morgan fingerprint density at radius 1 is 1.36 bits per heavy atom. The molecule has 3 nitrogen and oxygen atoms in total. The normalized spacial score (nSPS) is 31.5. The summed E-state index contributed by atoms with van der Waals surface area (Å²) in [6.07, 6.45) is 1.83. The fourth-order valence-electron chi connectivity index (χ4n) is 1.21. The van der Waals surface area contributed by atoms with Gasteiger partial charge >= 0.3 is 29.6 Å². The molecule has 1 rings (SSSR count). The molecule has 6 heteroatoms. The molecule has 1 aliphatic rings. The Morgan fingerprint density at radius 3 is 2.09 bits per heavy atom. The zero-order valence-corrected chi connectivity index (χ0v) is 9.86. The van der Waals surface area contributed by atoms with E-state index in [0.29, 0.717) is 12.8 Å². The third kappa shape index (κ3) is 3.20. The molecule has 0 radical (unpaired) electrons. The Kier molecular flexibility index (Phi) is 4.92. The largest absolute Gasteiger partial charge is 1.00 e. The maximum absolute atomic E-state index is 10.4. The quantitative estimate of drug-likeness (QED) is 0.275. The number of hydrogen-bond acceptors (Lipinski definition) is 3. The van der Waals surface area contributed by atoms with Crippen LogP contribution in [0.15, 0.2) is 0 Å². The molecule has 0 aliphatic heterocycles. The Balaban J connectivity index is 0.000001000. The smallest absolute Gasteiger partial charge is 0.748 e. The van der Waals surface area contributed by atoms with Crippen molar-refractivity contribution in [3.05, 3.63) is 0 Å². The van der Waals surface area contributed by atoms with Crippen LogP contribution in [-0.4, -0.2) is 23.6 Å². The van der Waals surface area contributed by atoms with Gasteiger partial charge in [0.1, 0.15) is 0 Å². The van der Waals surface area contributed by atoms with Gasteiger partial charge in [0.2, 0.25) is 0 Å². The molecule has 0 heterocycles. The van der Waals surface area contributed by atoms with Gasteiger partial charge in [0.15, 0.2) is 0 Å². The SMILES string of the molecule is O=S(=O)([O-])[C@H]1CCC[C@@H]1Cl.[Na+]. The minimum atomic E-state index is -4.13. The molecule has 0 N–H and O–H groups in total. The molecule has 0 aromatic carbocycles. The summed E-state index contributed by atoms with van der Waals surface area (Å²) in [5, 5.41) is -1.29. The van der Waals surface area contributed by atoms with E-state index in [-0.39, 0.29) is 29.6 Å². The van der Waals surface area contributed by atoms with E-state index in [1.807, 2.05) is 0 Å². The molecule has 1 saturated carbocycles. The molecule has 0 spiro atoms. The zero-order chi connectivity index (χ0) is 7.78. The van der Waals surface area contributed by atoms with Crippen molar-refractivity contribution in [3.63, 3.8) is 0 Å². The van der Waals surface area contributed by atoms with Crippen LogP contribution < -0.4 is 29.6 Å². The van der Waals surface area contributed by atoms with Crippen LogP contribution in [0, 0.1) is 0 Å². The predicted molar refractivity (Wildman–Crippen MR) is 37.0 cm³/mol. The third-order valence-electron chi connectivity index (χ3n) is 1.74. The predicted octanol–water partition coefficient (Wildman–Crippen LogP) is -2.30. The first kappa shape index (κ1) is 12.2. The van der Waals surface area contributed by atoms with Gasteiger partial charge in [0, 0.05) is 5.38 Å². The van der Waals surface area contributed by atoms with Crippen molar-refractivity contribution in [2.75, 3.05) is 0 Å². The summed E-state index contributed by atoms with van der Waals surface area (Å²) < 4.78 is 31.2. The first-order valence-electron chi connectivity index (χ1n) is 3.10. The second-order valence-electron chi connectivity index (χ2n) is 2.48. The molecule has 60 valence electrons. The molecule has 2 atom stereocenters. The fourth-order valence-corrected chi connectivity index (χ4v) is 2.82. The van der Waals surface area contributed by atoms with Crippen molar-refractivity contribution in [2.24, 2.45) is 0 Å². The van der Waals surface area contributed by atoms with E-state index in [2.05, 4.69) is 0 Å². The van der Waals surface area contributed by atoms with Gasteiger partial charge in [-0.2, -0.15) is 0 Å². The Hall–Kier alpha value is 1.20. The van der Waals surface area contributed by atoms with Gasteiger partial charge in [0.05, 0.1) is 15.4 Å². The average molecular weight is 207 g/mol. The number of hydrogen-bond donors (Lipinski definition) is 0. The molecule has 11 heavy (non-hydrogen) atoms. The fraction of sp³-hybridized carbons (Fsp3) is 1.00. The Labute approximate surface area is 93.5 Å². The van der Waals surface area contributed by atoms with E-state index in [1.165, 1.54) is 0 Å². The Bertz CT molecular complexity index is 216. The van der Waals surface area contributed by atoms with Crippen LogP contribution in [0.25, 0.3) is 0 Å². The molecular formula is C5H8ClNaO3S. The summed E-state index contributed by atoms with van der Waals surface area (Å²) in [5.41, 5.74) is 0. The van der Waals surface area contributed by atoms with Crippen LogP contribution in [0.3, 0.4) is 0 Å². The molecule has 0 aromatic heterocycles. The van der Waals surface area contributed by atoms with E-state index in [1.54, 1.807) is 0 Å². The summed E-state index contributed by atoms with van der Waals surface area (Å²) in [6, 6.07) is 0. The van der Waals surface area contributed by atoms with Crippen molar-refractivity contribution >= 4 is 21.7 Å². The first-order valence-corrected chi connectivity index (χ1v) is 5.01. The summed E-state index contributed by atoms with van der Waals surface area (Å²) in [5.74, 6) is 0. The minimum Gasteiger partial charge on any atom is -0.748 e. The maximum atomic E-state index is 10.4. The van der Waals surface area contributed by atoms with Crippen LogP contribution in [0.5, 0.6) is 0 Å². The molecule has 0 bridgehead atoms. The maximum Gasteiger partial charge on any atom is 1.00 e. The summed E-state index contributed by atoms with van der Waals surface area (Å²) in [4.78, 5) is 0. The van der Waals surface area contributed by atoms with Crippen LogP contribution in [0.2, 0.25) is 0 Å². The molecular weight excluding hydrogens is 199 g/mol. The van der Waals surface area contributed by atoms with Gasteiger partial charge in [-0.05, 0) is 12.8 Å². The van der Waals surface area contributed by atoms with Gasteiger partial charge in [-0.3, -0.25) is 0 Å². The molecule has 1 aliphatic carbocycles. The monoisotopic (exact) mass is 206 g/mol. The molecule has 0 aromatic rings. The van der Waals surface area contributed by atoms with Crippen molar-refractivity contribution in [1.29, 1.82) is 0 Å². The first-order chi connectivity index (χ1) is 4.52. The van der Waals surface area contributed by atoms with E-state index >= 15 is 0 Å². The molecule has 1 fully saturated rings. The van der Waals surface area contributed by atoms with Crippen LogP contribution in [0.1, 0.15) is 19.3 Å². The van der Waals surface area contributed by atoms with E-state index in [9.17, 15) is 13.0 Å². The summed E-state index contributed by atoms with van der Waals surface area (Å²) in [7, 11) is -4.13. The van der Waals surface area contributed by atoms with Gasteiger partial charge in [-0.15, -0.1) is 11.6 Å². The van der Waals surface area contributed by atoms with Crippen molar-refractivity contribution in [2.45, 2.75) is 29.9 Å². The summed E-state index contributed by atoms with van der Waals surface area (Å²) >= 11 is 5.58. The summed E-state index contributed by atoms with van der Waals surface area (Å²) in [6.45, 7) is 0. The Morgan fingerprint density at radius 2 is 1.91 bits per heavy atom. The van der Waals surface area contributed by atoms with Crippen molar-refractivity contribution in [3.8, 4) is 0 Å². The van der Waals surface area contributed by atoms with Crippen LogP contribution in [-0.2, 0) is 10.1 Å². The van der Waals surface area contributed by atoms with Crippen LogP contribution >= 0.6 is 11.6 Å². The van der Waals surface area contributed by atoms with Gasteiger partial charge in [-0.25, -0.2) is 8.42 Å². The van der Waals surface area contributed by atoms with Crippen LogP contribution in [0.4, 0.5) is 0 Å². The number of alkyl halides is 1.